The SMILES string of the molecule is COc1ccc(-c2csc(NC(=O)c3ccc(Cl)c(S(=O)(=O)N4CCOCC4)c3)n2)cc1. The fraction of sp³-hybridized carbons (Fsp3) is 0.238. The van der Waals surface area contributed by atoms with E-state index < -0.39 is 15.9 Å². The van der Waals surface area contributed by atoms with E-state index in [1.807, 2.05) is 29.6 Å². The number of sulfonamides is 1. The van der Waals surface area contributed by atoms with Gasteiger partial charge in [0.15, 0.2) is 5.13 Å². The van der Waals surface area contributed by atoms with Crippen LogP contribution in [0.1, 0.15) is 10.4 Å². The van der Waals surface area contributed by atoms with Crippen molar-refractivity contribution >= 4 is 44.0 Å². The number of ether oxygens (including phenoxy) is 2. The van der Waals surface area contributed by atoms with E-state index in [2.05, 4.69) is 10.3 Å². The largest absolute Gasteiger partial charge is 0.497 e. The maximum absolute atomic E-state index is 13.0. The second kappa shape index (κ2) is 9.55. The molecule has 0 aliphatic carbocycles. The molecule has 1 aliphatic rings. The van der Waals surface area contributed by atoms with Gasteiger partial charge in [0, 0.05) is 29.6 Å². The zero-order chi connectivity index (χ0) is 22.7. The smallest absolute Gasteiger partial charge is 0.257 e. The van der Waals surface area contributed by atoms with E-state index in [9.17, 15) is 13.2 Å². The molecule has 2 heterocycles. The van der Waals surface area contributed by atoms with Gasteiger partial charge in [-0.05, 0) is 42.5 Å². The molecule has 0 spiro atoms. The molecule has 3 aromatic rings. The molecule has 4 rings (SSSR count). The highest BCUT2D eigenvalue weighted by atomic mass is 35.5. The van der Waals surface area contributed by atoms with Crippen LogP contribution in [0.15, 0.2) is 52.7 Å². The molecule has 168 valence electrons. The second-order valence-electron chi connectivity index (χ2n) is 6.88. The minimum atomic E-state index is -3.84. The Bertz CT molecular complexity index is 1220. The molecule has 1 amide bonds. The van der Waals surface area contributed by atoms with Gasteiger partial charge in [0.25, 0.3) is 5.91 Å². The minimum Gasteiger partial charge on any atom is -0.497 e. The zero-order valence-electron chi connectivity index (χ0n) is 17.1. The van der Waals surface area contributed by atoms with Crippen LogP contribution in [0.25, 0.3) is 11.3 Å². The van der Waals surface area contributed by atoms with Crippen LogP contribution >= 0.6 is 22.9 Å². The van der Waals surface area contributed by atoms with Crippen LogP contribution in [-0.2, 0) is 14.8 Å². The fourth-order valence-electron chi connectivity index (χ4n) is 3.16. The van der Waals surface area contributed by atoms with Crippen molar-refractivity contribution in [1.29, 1.82) is 0 Å². The summed E-state index contributed by atoms with van der Waals surface area (Å²) in [5, 5.41) is 5.00. The van der Waals surface area contributed by atoms with Crippen molar-refractivity contribution in [3.8, 4) is 17.0 Å². The number of thiazole rings is 1. The Morgan fingerprint density at radius 3 is 2.59 bits per heavy atom. The van der Waals surface area contributed by atoms with E-state index in [0.717, 1.165) is 11.3 Å². The van der Waals surface area contributed by atoms with Gasteiger partial charge >= 0.3 is 0 Å². The lowest BCUT2D eigenvalue weighted by molar-refractivity contribution is 0.0730. The average molecular weight is 494 g/mol. The highest BCUT2D eigenvalue weighted by Gasteiger charge is 2.29. The van der Waals surface area contributed by atoms with E-state index in [1.165, 1.54) is 33.8 Å². The van der Waals surface area contributed by atoms with Gasteiger partial charge in [0.05, 0.1) is 31.0 Å². The molecule has 11 heteroatoms. The summed E-state index contributed by atoms with van der Waals surface area (Å²) in [6.07, 6.45) is 0. The van der Waals surface area contributed by atoms with Crippen molar-refractivity contribution in [2.45, 2.75) is 4.90 Å². The van der Waals surface area contributed by atoms with Crippen LogP contribution in [0.4, 0.5) is 5.13 Å². The maximum atomic E-state index is 13.0. The van der Waals surface area contributed by atoms with Crippen molar-refractivity contribution in [3.05, 3.63) is 58.4 Å². The Hall–Kier alpha value is -2.50. The van der Waals surface area contributed by atoms with Crippen LogP contribution in [0.3, 0.4) is 0 Å². The summed E-state index contributed by atoms with van der Waals surface area (Å²) in [6, 6.07) is 11.6. The van der Waals surface area contributed by atoms with Crippen LogP contribution in [0, 0.1) is 0 Å². The predicted molar refractivity (Wildman–Crippen MR) is 123 cm³/mol. The van der Waals surface area contributed by atoms with Gasteiger partial charge in [0.1, 0.15) is 10.6 Å². The first-order valence-corrected chi connectivity index (χ1v) is 12.4. The number of amides is 1. The average Bonchev–Trinajstić information content (AvgIpc) is 3.28. The number of rotatable bonds is 6. The summed E-state index contributed by atoms with van der Waals surface area (Å²) >= 11 is 7.44. The number of benzene rings is 2. The highest BCUT2D eigenvalue weighted by Crippen LogP contribution is 2.29. The summed E-state index contributed by atoms with van der Waals surface area (Å²) in [5.41, 5.74) is 1.76. The first-order valence-electron chi connectivity index (χ1n) is 9.67. The Balaban J connectivity index is 1.53. The molecule has 1 aliphatic heterocycles. The molecule has 1 N–H and O–H groups in total. The minimum absolute atomic E-state index is 0.0593. The lowest BCUT2D eigenvalue weighted by Crippen LogP contribution is -2.40. The third-order valence-corrected chi connectivity index (χ3v) is 8.03. The van der Waals surface area contributed by atoms with Gasteiger partial charge in [0.2, 0.25) is 10.0 Å². The van der Waals surface area contributed by atoms with Crippen LogP contribution in [0.5, 0.6) is 5.75 Å². The monoisotopic (exact) mass is 493 g/mol. The van der Waals surface area contributed by atoms with Crippen molar-refractivity contribution in [3.63, 3.8) is 0 Å². The molecule has 0 saturated carbocycles. The molecule has 0 atom stereocenters. The Labute approximate surface area is 194 Å². The molecule has 1 fully saturated rings. The number of hydrogen-bond donors (Lipinski definition) is 1. The zero-order valence-corrected chi connectivity index (χ0v) is 19.5. The Kier molecular flexibility index (Phi) is 6.77. The number of aromatic nitrogens is 1. The number of hydrogen-bond acceptors (Lipinski definition) is 7. The van der Waals surface area contributed by atoms with E-state index >= 15 is 0 Å². The molecule has 1 saturated heterocycles. The van der Waals surface area contributed by atoms with Gasteiger partial charge < -0.3 is 9.47 Å². The number of morpholine rings is 1. The van der Waals surface area contributed by atoms with Crippen molar-refractivity contribution in [2.75, 3.05) is 38.7 Å². The van der Waals surface area contributed by atoms with E-state index in [0.29, 0.717) is 24.0 Å². The van der Waals surface area contributed by atoms with Crippen molar-refractivity contribution < 1.29 is 22.7 Å². The Morgan fingerprint density at radius 2 is 1.91 bits per heavy atom. The third-order valence-electron chi connectivity index (χ3n) is 4.89. The quantitative estimate of drug-likeness (QED) is 0.561. The number of methoxy groups -OCH3 is 1. The number of nitrogens with zero attached hydrogens (tertiary/aromatic N) is 2. The second-order valence-corrected chi connectivity index (χ2v) is 10.1. The first kappa shape index (κ1) is 22.7. The van der Waals surface area contributed by atoms with Crippen LogP contribution in [-0.4, -0.2) is 57.0 Å². The summed E-state index contributed by atoms with van der Waals surface area (Å²) in [7, 11) is -2.24. The van der Waals surface area contributed by atoms with E-state index in [-0.39, 0.29) is 28.6 Å². The summed E-state index contributed by atoms with van der Waals surface area (Å²) in [5.74, 6) is 0.263. The van der Waals surface area contributed by atoms with Gasteiger partial charge in [-0.2, -0.15) is 4.31 Å². The van der Waals surface area contributed by atoms with Crippen molar-refractivity contribution in [2.24, 2.45) is 0 Å². The van der Waals surface area contributed by atoms with Crippen molar-refractivity contribution in [1.82, 2.24) is 9.29 Å². The van der Waals surface area contributed by atoms with E-state index in [4.69, 9.17) is 21.1 Å². The molecule has 8 nitrogen and oxygen atoms in total. The van der Waals surface area contributed by atoms with E-state index in [1.54, 1.807) is 7.11 Å². The summed E-state index contributed by atoms with van der Waals surface area (Å²) in [4.78, 5) is 17.1. The van der Waals surface area contributed by atoms with Crippen LogP contribution < -0.4 is 10.1 Å². The molecule has 2 aromatic carbocycles. The summed E-state index contributed by atoms with van der Waals surface area (Å²) in [6.45, 7) is 1.11. The number of nitrogens with one attached hydrogen (secondary N) is 1. The van der Waals surface area contributed by atoms with Gasteiger partial charge in [-0.3, -0.25) is 10.1 Å². The molecular formula is C21H20ClN3O5S2. The lowest BCUT2D eigenvalue weighted by Gasteiger charge is -2.26. The summed E-state index contributed by atoms with van der Waals surface area (Å²) < 4.78 is 37.6. The molecule has 0 bridgehead atoms. The predicted octanol–water partition coefficient (Wildman–Crippen LogP) is 3.75. The molecule has 0 radical (unpaired) electrons. The fourth-order valence-corrected chi connectivity index (χ4v) is 5.79. The molecule has 32 heavy (non-hydrogen) atoms. The normalized spacial score (nSPS) is 14.8. The Morgan fingerprint density at radius 1 is 1.19 bits per heavy atom. The van der Waals surface area contributed by atoms with Gasteiger partial charge in [-0.15, -0.1) is 11.3 Å². The molecular weight excluding hydrogens is 474 g/mol. The topological polar surface area (TPSA) is 97.8 Å². The maximum Gasteiger partial charge on any atom is 0.257 e. The molecule has 0 unspecified atom stereocenters. The molecule has 1 aromatic heterocycles. The number of carbonyl (C=O) groups is 1. The number of anilines is 1. The lowest BCUT2D eigenvalue weighted by atomic mass is 10.2. The highest BCUT2D eigenvalue weighted by molar-refractivity contribution is 7.89. The first-order chi connectivity index (χ1) is 15.4. The number of halogens is 1. The van der Waals surface area contributed by atoms with Gasteiger partial charge in [-0.1, -0.05) is 11.6 Å². The third kappa shape index (κ3) is 4.79. The standard InChI is InChI=1S/C21H20ClN3O5S2/c1-29-16-5-2-14(3-6-16)18-13-31-21(23-18)24-20(26)15-4-7-17(22)19(12-15)32(27,28)25-8-10-30-11-9-25/h2-7,12-13H,8-11H2,1H3,(H,23,24,26). The number of carbonyl (C=O) groups excluding carboxylic acids is 1. The van der Waals surface area contributed by atoms with Crippen LogP contribution in [0.2, 0.25) is 5.02 Å². The van der Waals surface area contributed by atoms with Gasteiger partial charge in [-0.25, -0.2) is 13.4 Å².